The van der Waals surface area contributed by atoms with Crippen LogP contribution in [0.5, 0.6) is 0 Å². The Balaban J connectivity index is 1.57. The van der Waals surface area contributed by atoms with Crippen LogP contribution in [0.25, 0.3) is 0 Å². The van der Waals surface area contributed by atoms with E-state index in [1.165, 1.54) is 12.1 Å². The minimum Gasteiger partial charge on any atom is -0.371 e. The molecule has 1 unspecified atom stereocenters. The Kier molecular flexibility index (Phi) is 9.49. The Labute approximate surface area is 237 Å². The number of nitrogens with one attached hydrogen (secondary N) is 1. The first-order valence-electron chi connectivity index (χ1n) is 13.2. The first-order chi connectivity index (χ1) is 18.8. The lowest BCUT2D eigenvalue weighted by atomic mass is 9.78. The van der Waals surface area contributed by atoms with Gasteiger partial charge in [0.25, 0.3) is 5.91 Å². The Morgan fingerprint density at radius 2 is 1.80 bits per heavy atom. The summed E-state index contributed by atoms with van der Waals surface area (Å²) < 4.78 is 64.0. The summed E-state index contributed by atoms with van der Waals surface area (Å²) in [6.45, 7) is 4.82. The SMILES string of the molecule is CN(C)CCNC(=O)[C@@]1(OCc2cccc(Cl)c2)CC(OCc2ccc(C(F)(F)F)cc2)[C@@H]2OC(C)(C)O[C@@H]2C1. The van der Waals surface area contributed by atoms with Crippen molar-refractivity contribution in [3.63, 3.8) is 0 Å². The van der Waals surface area contributed by atoms with E-state index in [9.17, 15) is 18.0 Å². The summed E-state index contributed by atoms with van der Waals surface area (Å²) >= 11 is 6.17. The average Bonchev–Trinajstić information content (AvgIpc) is 3.19. The second-order valence-corrected chi connectivity index (χ2v) is 11.5. The summed E-state index contributed by atoms with van der Waals surface area (Å²) in [5.74, 6) is -1.19. The van der Waals surface area contributed by atoms with Gasteiger partial charge in [0.1, 0.15) is 6.10 Å². The molecule has 1 saturated carbocycles. The summed E-state index contributed by atoms with van der Waals surface area (Å²) in [6, 6.07) is 12.0. The number of carbonyl (C=O) groups excluding carboxylic acids is 1. The van der Waals surface area contributed by atoms with Gasteiger partial charge >= 0.3 is 6.18 Å². The van der Waals surface area contributed by atoms with Crippen LogP contribution in [-0.2, 0) is 43.1 Å². The smallest absolute Gasteiger partial charge is 0.371 e. The van der Waals surface area contributed by atoms with Crippen molar-refractivity contribution >= 4 is 17.5 Å². The van der Waals surface area contributed by atoms with Crippen molar-refractivity contribution in [1.29, 1.82) is 0 Å². The van der Waals surface area contributed by atoms with Gasteiger partial charge in [-0.05, 0) is 63.3 Å². The maximum absolute atomic E-state index is 13.8. The van der Waals surface area contributed by atoms with Crippen LogP contribution in [-0.4, -0.2) is 67.7 Å². The molecule has 1 saturated heterocycles. The molecule has 0 spiro atoms. The molecular formula is C29H36ClF3N2O5. The van der Waals surface area contributed by atoms with Crippen LogP contribution in [0, 0.1) is 0 Å². The van der Waals surface area contributed by atoms with E-state index in [1.54, 1.807) is 26.0 Å². The monoisotopic (exact) mass is 584 g/mol. The van der Waals surface area contributed by atoms with E-state index >= 15 is 0 Å². The van der Waals surface area contributed by atoms with Gasteiger partial charge in [-0.1, -0.05) is 35.9 Å². The molecule has 40 heavy (non-hydrogen) atoms. The number of ether oxygens (including phenoxy) is 4. The van der Waals surface area contributed by atoms with Gasteiger partial charge in [0.05, 0.1) is 31.0 Å². The second-order valence-electron chi connectivity index (χ2n) is 11.1. The van der Waals surface area contributed by atoms with Crippen LogP contribution in [0.2, 0.25) is 5.02 Å². The number of hydrogen-bond acceptors (Lipinski definition) is 6. The third-order valence-corrected chi connectivity index (χ3v) is 7.29. The average molecular weight is 585 g/mol. The molecule has 1 aliphatic carbocycles. The van der Waals surface area contributed by atoms with E-state index in [0.717, 1.165) is 17.7 Å². The van der Waals surface area contributed by atoms with Crippen LogP contribution in [0.1, 0.15) is 43.4 Å². The molecule has 7 nitrogen and oxygen atoms in total. The predicted molar refractivity (Wildman–Crippen MR) is 144 cm³/mol. The number of benzene rings is 2. The van der Waals surface area contributed by atoms with Crippen LogP contribution in [0.4, 0.5) is 13.2 Å². The maximum Gasteiger partial charge on any atom is 0.416 e. The van der Waals surface area contributed by atoms with Gasteiger partial charge in [-0.2, -0.15) is 13.2 Å². The summed E-state index contributed by atoms with van der Waals surface area (Å²) in [5, 5.41) is 3.55. The van der Waals surface area contributed by atoms with Gasteiger partial charge < -0.3 is 29.2 Å². The minimum absolute atomic E-state index is 0.0302. The molecule has 1 amide bonds. The van der Waals surface area contributed by atoms with Gasteiger partial charge in [-0.25, -0.2) is 0 Å². The molecule has 2 aliphatic rings. The van der Waals surface area contributed by atoms with Crippen molar-refractivity contribution in [2.75, 3.05) is 27.2 Å². The number of hydrogen-bond donors (Lipinski definition) is 1. The fraction of sp³-hybridized carbons (Fsp3) is 0.552. The van der Waals surface area contributed by atoms with E-state index in [1.807, 2.05) is 31.1 Å². The third-order valence-electron chi connectivity index (χ3n) is 7.06. The predicted octanol–water partition coefficient (Wildman–Crippen LogP) is 5.19. The number of amides is 1. The van der Waals surface area contributed by atoms with E-state index in [2.05, 4.69) is 5.32 Å². The summed E-state index contributed by atoms with van der Waals surface area (Å²) in [4.78, 5) is 15.7. The van der Waals surface area contributed by atoms with Crippen molar-refractivity contribution in [2.24, 2.45) is 0 Å². The van der Waals surface area contributed by atoms with Crippen LogP contribution in [0.15, 0.2) is 48.5 Å². The Hall–Kier alpha value is -2.21. The fourth-order valence-electron chi connectivity index (χ4n) is 5.10. The molecule has 4 rings (SSSR count). The maximum atomic E-state index is 13.8. The number of nitrogens with zero attached hydrogens (tertiary/aromatic N) is 1. The normalized spacial score (nSPS) is 26.1. The van der Waals surface area contributed by atoms with Crippen molar-refractivity contribution in [1.82, 2.24) is 10.2 Å². The van der Waals surface area contributed by atoms with Crippen molar-refractivity contribution in [2.45, 2.75) is 75.8 Å². The zero-order valence-corrected chi connectivity index (χ0v) is 23.8. The molecule has 220 valence electrons. The highest BCUT2D eigenvalue weighted by atomic mass is 35.5. The number of halogens is 4. The highest BCUT2D eigenvalue weighted by Gasteiger charge is 2.58. The summed E-state index contributed by atoms with van der Waals surface area (Å²) in [7, 11) is 3.83. The molecular weight excluding hydrogens is 549 g/mol. The molecule has 1 aliphatic heterocycles. The summed E-state index contributed by atoms with van der Waals surface area (Å²) in [6.07, 6.45) is -5.61. The standard InChI is InChI=1S/C29H36ClF3N2O5/c1-27(2)39-24-16-28(26(36)34-12-13-35(3)4,38-18-20-6-5-7-22(30)14-20)15-23(25(24)40-27)37-17-19-8-10-21(11-9-19)29(31,32)33/h5-11,14,23-25H,12-13,15-18H2,1-4H3,(H,34,36)/t23?,24-,25+,28-/m1/s1. The van der Waals surface area contributed by atoms with E-state index in [0.29, 0.717) is 23.7 Å². The molecule has 2 aromatic rings. The van der Waals surface area contributed by atoms with Crippen LogP contribution >= 0.6 is 11.6 Å². The summed E-state index contributed by atoms with van der Waals surface area (Å²) in [5.41, 5.74) is -0.661. The molecule has 2 fully saturated rings. The molecule has 1 heterocycles. The molecule has 2 aromatic carbocycles. The van der Waals surface area contributed by atoms with E-state index in [4.69, 9.17) is 30.5 Å². The number of alkyl halides is 3. The fourth-order valence-corrected chi connectivity index (χ4v) is 5.32. The number of fused-ring (bicyclic) bond motifs is 1. The zero-order valence-electron chi connectivity index (χ0n) is 23.1. The molecule has 11 heteroatoms. The third kappa shape index (κ3) is 7.74. The zero-order chi connectivity index (χ0) is 29.1. The van der Waals surface area contributed by atoms with Gasteiger partial charge in [0, 0.05) is 31.0 Å². The van der Waals surface area contributed by atoms with Crippen molar-refractivity contribution in [3.8, 4) is 0 Å². The molecule has 0 aromatic heterocycles. The Morgan fingerprint density at radius 1 is 1.07 bits per heavy atom. The number of carbonyl (C=O) groups is 1. The minimum atomic E-state index is -4.42. The van der Waals surface area contributed by atoms with E-state index < -0.39 is 41.4 Å². The van der Waals surface area contributed by atoms with Crippen LogP contribution in [0.3, 0.4) is 0 Å². The second kappa shape index (κ2) is 12.3. The molecule has 4 atom stereocenters. The van der Waals surface area contributed by atoms with Gasteiger partial charge in [0.15, 0.2) is 11.4 Å². The Morgan fingerprint density at radius 3 is 2.45 bits per heavy atom. The van der Waals surface area contributed by atoms with Crippen molar-refractivity contribution in [3.05, 3.63) is 70.2 Å². The highest BCUT2D eigenvalue weighted by molar-refractivity contribution is 6.30. The van der Waals surface area contributed by atoms with Gasteiger partial charge in [-0.15, -0.1) is 0 Å². The number of rotatable bonds is 10. The number of likely N-dealkylation sites (N-methyl/N-ethyl adjacent to an activating group) is 1. The molecule has 0 radical (unpaired) electrons. The van der Waals surface area contributed by atoms with Crippen molar-refractivity contribution < 1.29 is 36.9 Å². The topological polar surface area (TPSA) is 69.3 Å². The first kappa shape index (κ1) is 30.7. The molecule has 1 N–H and O–H groups in total. The lowest BCUT2D eigenvalue weighted by Crippen LogP contribution is -2.60. The van der Waals surface area contributed by atoms with Gasteiger partial charge in [0.2, 0.25) is 0 Å². The van der Waals surface area contributed by atoms with Gasteiger partial charge in [-0.3, -0.25) is 4.79 Å². The van der Waals surface area contributed by atoms with Crippen LogP contribution < -0.4 is 5.32 Å². The highest BCUT2D eigenvalue weighted by Crippen LogP contribution is 2.44. The van der Waals surface area contributed by atoms with E-state index in [-0.39, 0.29) is 32.0 Å². The quantitative estimate of drug-likeness (QED) is 0.414. The first-order valence-corrected chi connectivity index (χ1v) is 13.6. The largest absolute Gasteiger partial charge is 0.416 e. The lowest BCUT2D eigenvalue weighted by molar-refractivity contribution is -0.183. The molecule has 0 bridgehead atoms. The Bertz CT molecular complexity index is 1160. The lowest BCUT2D eigenvalue weighted by Gasteiger charge is -2.43.